The predicted molar refractivity (Wildman–Crippen MR) is 87.4 cm³/mol. The van der Waals surface area contributed by atoms with Crippen molar-refractivity contribution in [2.75, 3.05) is 11.9 Å². The normalized spacial score (nSPS) is 20.7. The van der Waals surface area contributed by atoms with Crippen molar-refractivity contribution >= 4 is 11.6 Å². The van der Waals surface area contributed by atoms with Crippen molar-refractivity contribution in [1.29, 1.82) is 0 Å². The molecule has 1 saturated heterocycles. The molecule has 6 heteroatoms. The van der Waals surface area contributed by atoms with E-state index in [0.29, 0.717) is 11.8 Å². The number of anilines is 1. The number of ether oxygens (including phenoxy) is 1. The highest BCUT2D eigenvalue weighted by Gasteiger charge is 2.27. The van der Waals surface area contributed by atoms with Crippen LogP contribution >= 0.6 is 0 Å². The second-order valence-electron chi connectivity index (χ2n) is 5.64. The summed E-state index contributed by atoms with van der Waals surface area (Å²) in [4.78, 5) is 20.4. The Morgan fingerprint density at radius 3 is 2.70 bits per heavy atom. The molecule has 1 aromatic heterocycles. The zero-order chi connectivity index (χ0) is 16.1. The lowest BCUT2D eigenvalue weighted by Crippen LogP contribution is -2.44. The number of hydrogen-bond donors (Lipinski definition) is 2. The van der Waals surface area contributed by atoms with Gasteiger partial charge in [0.25, 0.3) is 0 Å². The molecule has 2 heterocycles. The summed E-state index contributed by atoms with van der Waals surface area (Å²) in [5, 5.41) is 6.31. The van der Waals surface area contributed by atoms with Crippen molar-refractivity contribution in [3.63, 3.8) is 0 Å². The van der Waals surface area contributed by atoms with E-state index < -0.39 is 0 Å². The summed E-state index contributed by atoms with van der Waals surface area (Å²) >= 11 is 0. The number of hydrogen-bond acceptors (Lipinski definition) is 5. The maximum absolute atomic E-state index is 12.4. The number of amides is 1. The molecule has 0 spiro atoms. The van der Waals surface area contributed by atoms with E-state index in [0.717, 1.165) is 25.1 Å². The van der Waals surface area contributed by atoms with Crippen LogP contribution in [0.15, 0.2) is 42.7 Å². The lowest BCUT2D eigenvalue weighted by molar-refractivity contribution is -0.121. The Morgan fingerprint density at radius 1 is 1.26 bits per heavy atom. The third-order valence-corrected chi connectivity index (χ3v) is 3.97. The minimum absolute atomic E-state index is 0.0115. The first-order valence-electron chi connectivity index (χ1n) is 7.81. The smallest absolute Gasteiger partial charge is 0.321 e. The van der Waals surface area contributed by atoms with E-state index in [4.69, 9.17) is 4.74 Å². The fourth-order valence-electron chi connectivity index (χ4n) is 2.69. The van der Waals surface area contributed by atoms with Gasteiger partial charge < -0.3 is 15.4 Å². The predicted octanol–water partition coefficient (Wildman–Crippen LogP) is 2.60. The van der Waals surface area contributed by atoms with Crippen molar-refractivity contribution in [1.82, 2.24) is 15.3 Å². The number of nitrogens with zero attached hydrogens (tertiary/aromatic N) is 2. The van der Waals surface area contributed by atoms with Crippen molar-refractivity contribution < 1.29 is 9.53 Å². The second-order valence-corrected chi connectivity index (χ2v) is 5.64. The van der Waals surface area contributed by atoms with Gasteiger partial charge >= 0.3 is 6.01 Å². The second kappa shape index (κ2) is 7.19. The first kappa shape index (κ1) is 15.4. The first-order valence-corrected chi connectivity index (χ1v) is 7.81. The molecule has 0 aliphatic carbocycles. The van der Waals surface area contributed by atoms with Crippen molar-refractivity contribution in [2.45, 2.75) is 25.8 Å². The summed E-state index contributed by atoms with van der Waals surface area (Å²) in [6.45, 7) is 3.04. The zero-order valence-electron chi connectivity index (χ0n) is 13.0. The van der Waals surface area contributed by atoms with Crippen molar-refractivity contribution in [3.8, 4) is 11.8 Å². The topological polar surface area (TPSA) is 76.1 Å². The molecule has 0 bridgehead atoms. The van der Waals surface area contributed by atoms with Crippen LogP contribution in [0.4, 0.5) is 5.69 Å². The van der Waals surface area contributed by atoms with Crippen molar-refractivity contribution in [3.05, 3.63) is 42.7 Å². The van der Waals surface area contributed by atoms with Gasteiger partial charge in [-0.25, -0.2) is 9.97 Å². The summed E-state index contributed by atoms with van der Waals surface area (Å²) in [6.07, 6.45) is 5.20. The molecule has 2 N–H and O–H groups in total. The number of aromatic nitrogens is 2. The minimum atomic E-state index is 0.0115. The molecule has 23 heavy (non-hydrogen) atoms. The monoisotopic (exact) mass is 312 g/mol. The molecule has 0 saturated carbocycles. The Labute approximate surface area is 135 Å². The third-order valence-electron chi connectivity index (χ3n) is 3.97. The molecule has 6 nitrogen and oxygen atoms in total. The Bertz CT molecular complexity index is 645. The molecule has 1 aliphatic heterocycles. The fraction of sp³-hybridized carbons (Fsp3) is 0.353. The molecule has 2 atom stereocenters. The molecule has 1 amide bonds. The number of piperidine rings is 1. The highest BCUT2D eigenvalue weighted by molar-refractivity contribution is 5.93. The average Bonchev–Trinajstić information content (AvgIpc) is 2.58. The van der Waals surface area contributed by atoms with Gasteiger partial charge in [-0.05, 0) is 56.6 Å². The molecular weight excluding hydrogens is 292 g/mol. The van der Waals surface area contributed by atoms with Crippen LogP contribution in [0.25, 0.3) is 0 Å². The molecule has 1 fully saturated rings. The van der Waals surface area contributed by atoms with Gasteiger partial charge in [0.05, 0.1) is 5.92 Å². The molecule has 1 aliphatic rings. The average molecular weight is 312 g/mol. The van der Waals surface area contributed by atoms with Gasteiger partial charge in [-0.15, -0.1) is 0 Å². The quantitative estimate of drug-likeness (QED) is 0.907. The standard InChI is InChI=1S/C17H20N4O2/c1-12-15(4-2-9-18-12)16(22)21-13-5-7-14(8-6-13)23-17-19-10-3-11-20-17/h3,5-8,10-12,15,18H,2,4,9H2,1H3,(H,21,22). The molecular formula is C17H20N4O2. The number of nitrogens with one attached hydrogen (secondary N) is 2. The van der Waals surface area contributed by atoms with E-state index in [9.17, 15) is 4.79 Å². The number of carbonyl (C=O) groups is 1. The number of carbonyl (C=O) groups excluding carboxylic acids is 1. The van der Waals surface area contributed by atoms with E-state index in [1.165, 1.54) is 0 Å². The molecule has 0 radical (unpaired) electrons. The van der Waals surface area contributed by atoms with Crippen LogP contribution in [0.3, 0.4) is 0 Å². The summed E-state index contributed by atoms with van der Waals surface area (Å²) in [6, 6.07) is 9.44. The largest absolute Gasteiger partial charge is 0.424 e. The SMILES string of the molecule is CC1NCCCC1C(=O)Nc1ccc(Oc2ncccn2)cc1. The molecule has 2 unspecified atom stereocenters. The van der Waals surface area contributed by atoms with E-state index >= 15 is 0 Å². The first-order chi connectivity index (χ1) is 11.2. The van der Waals surface area contributed by atoms with Gasteiger partial charge in [-0.2, -0.15) is 0 Å². The van der Waals surface area contributed by atoms with Crippen LogP contribution in [-0.2, 0) is 4.79 Å². The zero-order valence-corrected chi connectivity index (χ0v) is 13.0. The van der Waals surface area contributed by atoms with Crippen LogP contribution in [0.2, 0.25) is 0 Å². The van der Waals surface area contributed by atoms with Gasteiger partial charge in [0.1, 0.15) is 5.75 Å². The maximum Gasteiger partial charge on any atom is 0.321 e. The lowest BCUT2D eigenvalue weighted by Gasteiger charge is -2.28. The summed E-state index contributed by atoms with van der Waals surface area (Å²) < 4.78 is 5.53. The molecule has 1 aromatic carbocycles. The molecule has 120 valence electrons. The van der Waals surface area contributed by atoms with E-state index in [1.54, 1.807) is 30.6 Å². The Morgan fingerprint density at radius 2 is 2.00 bits per heavy atom. The van der Waals surface area contributed by atoms with E-state index in [2.05, 4.69) is 27.5 Å². The van der Waals surface area contributed by atoms with Crippen LogP contribution < -0.4 is 15.4 Å². The van der Waals surface area contributed by atoms with Crippen LogP contribution in [0.1, 0.15) is 19.8 Å². The fourth-order valence-corrected chi connectivity index (χ4v) is 2.69. The van der Waals surface area contributed by atoms with Crippen molar-refractivity contribution in [2.24, 2.45) is 5.92 Å². The Hall–Kier alpha value is -2.47. The minimum Gasteiger partial charge on any atom is -0.424 e. The Kier molecular flexibility index (Phi) is 4.83. The van der Waals surface area contributed by atoms with Gasteiger partial charge in [0.15, 0.2) is 0 Å². The van der Waals surface area contributed by atoms with Gasteiger partial charge in [-0.3, -0.25) is 4.79 Å². The van der Waals surface area contributed by atoms with Gasteiger partial charge in [0, 0.05) is 24.1 Å². The summed E-state index contributed by atoms with van der Waals surface area (Å²) in [5.74, 6) is 0.698. The van der Waals surface area contributed by atoms with Crippen LogP contribution in [-0.4, -0.2) is 28.5 Å². The molecule has 3 rings (SSSR count). The number of benzene rings is 1. The highest BCUT2D eigenvalue weighted by Crippen LogP contribution is 2.22. The van der Waals surface area contributed by atoms with Gasteiger partial charge in [-0.1, -0.05) is 0 Å². The Balaban J connectivity index is 1.60. The highest BCUT2D eigenvalue weighted by atomic mass is 16.5. The summed E-state index contributed by atoms with van der Waals surface area (Å²) in [7, 11) is 0. The maximum atomic E-state index is 12.4. The van der Waals surface area contributed by atoms with Crippen LogP contribution in [0, 0.1) is 5.92 Å². The van der Waals surface area contributed by atoms with E-state index in [-0.39, 0.29) is 17.9 Å². The molecule has 2 aromatic rings. The van der Waals surface area contributed by atoms with E-state index in [1.807, 2.05) is 12.1 Å². The number of rotatable bonds is 4. The summed E-state index contributed by atoms with van der Waals surface area (Å²) in [5.41, 5.74) is 0.758. The third kappa shape index (κ3) is 4.04. The van der Waals surface area contributed by atoms with Gasteiger partial charge in [0.2, 0.25) is 5.91 Å². The lowest BCUT2D eigenvalue weighted by atomic mass is 9.91. The van der Waals surface area contributed by atoms with Crippen LogP contribution in [0.5, 0.6) is 11.8 Å².